The van der Waals surface area contributed by atoms with Crippen LogP contribution in [0.5, 0.6) is 0 Å². The number of rotatable bonds is 9. The first-order valence-electron chi connectivity index (χ1n) is 18.3. The Morgan fingerprint density at radius 1 is 0.800 bits per heavy atom. The second kappa shape index (κ2) is 13.3. The van der Waals surface area contributed by atoms with Crippen LogP contribution in [0, 0.1) is 58.1 Å². The van der Waals surface area contributed by atoms with Crippen LogP contribution in [-0.4, -0.2) is 54.1 Å². The first-order valence-corrected chi connectivity index (χ1v) is 16.8. The maximum Gasteiger partial charge on any atom is 0.303 e. The average Bonchev–Trinajstić information content (AvgIpc) is 3.31. The molecule has 0 aromatic heterocycles. The Hall–Kier alpha value is -2.45. The van der Waals surface area contributed by atoms with Crippen LogP contribution in [0.1, 0.15) is 118 Å². The van der Waals surface area contributed by atoms with Crippen molar-refractivity contribution in [2.75, 3.05) is 0 Å². The van der Waals surface area contributed by atoms with Crippen LogP contribution in [0.25, 0.3) is 0 Å². The quantitative estimate of drug-likeness (QED) is 0.218. The highest BCUT2D eigenvalue weighted by Crippen LogP contribution is 2.68. The van der Waals surface area contributed by atoms with Crippen LogP contribution in [0.2, 0.25) is 0 Å². The molecule has 4 saturated carbocycles. The van der Waals surface area contributed by atoms with Crippen LogP contribution in [0.15, 0.2) is 0 Å². The minimum atomic E-state index is -2.33. The lowest BCUT2D eigenvalue weighted by molar-refractivity contribution is -0.197. The zero-order valence-electron chi connectivity index (χ0n) is 31.8. The minimum Gasteiger partial charge on any atom is -0.459 e. The van der Waals surface area contributed by atoms with Gasteiger partial charge < -0.3 is 18.9 Å². The van der Waals surface area contributed by atoms with Crippen molar-refractivity contribution in [3.05, 3.63) is 0 Å². The third-order valence-electron chi connectivity index (χ3n) is 12.2. The topological polar surface area (TPSA) is 122 Å². The molecule has 0 aromatic carbocycles. The first-order chi connectivity index (χ1) is 22.0. The third-order valence-corrected chi connectivity index (χ3v) is 12.2. The Balaban J connectivity index is 1.74. The first kappa shape index (κ1) is 31.2. The van der Waals surface area contributed by atoms with Gasteiger partial charge in [-0.25, -0.2) is 0 Å². The van der Waals surface area contributed by atoms with Gasteiger partial charge in [-0.15, -0.1) is 0 Å². The van der Waals surface area contributed by atoms with Crippen molar-refractivity contribution in [1.29, 1.82) is 0 Å². The van der Waals surface area contributed by atoms with E-state index in [-0.39, 0.29) is 48.3 Å². The van der Waals surface area contributed by atoms with E-state index in [9.17, 15) is 28.1 Å². The van der Waals surface area contributed by atoms with Gasteiger partial charge in [0.25, 0.3) is 0 Å². The number of fused-ring (bicyclic) bond motifs is 5. The molecule has 0 spiro atoms. The largest absolute Gasteiger partial charge is 0.459 e. The summed E-state index contributed by atoms with van der Waals surface area (Å²) in [7, 11) is 0. The van der Waals surface area contributed by atoms with Gasteiger partial charge in [0.1, 0.15) is 30.2 Å². The monoisotopic (exact) mass is 638 g/mol. The number of hydrogen-bond donors (Lipinski definition) is 0. The Bertz CT molecular complexity index is 1300. The standard InChI is InChI=1S/C36H56O9/c1-18(2)19(3)33(44-23(7)39)34(45-24(8)40)20(4)26-11-12-27-25-15-30(41)29-16-31(42-21(5)37)32(43-22(6)38)17-36(29,10)28(25)13-14-35(26,27)9/h18-20,25-29,31-34H,11-17H2,1-10H3/t19-,20+,25+,26-,27+,28+,29-,31+,32-,33-,34-,35-,36-/m1/s1/i15T2,29T. The number of Topliss-reactive ketones (excluding diaryl/α,β-unsaturated/α-hetero) is 1. The molecule has 0 N–H and O–H groups in total. The summed E-state index contributed by atoms with van der Waals surface area (Å²) in [6, 6.07) is 0. The molecule has 45 heavy (non-hydrogen) atoms. The van der Waals surface area contributed by atoms with Gasteiger partial charge in [0, 0.05) is 50.0 Å². The SMILES string of the molecule is [3H]C1([3H])C(=O)[C@@]2([3H])C[C@H](OC(C)=O)[C@H](OC(C)=O)C[C@]2(C)[C@H]2CC[C@]3(C)[C@@H]([C@H](C)[C@@H](OC(C)=O)[C@H](OC(C)=O)[C@H](C)C(C)C)CC[C@H]3[C@@H]21. The summed E-state index contributed by atoms with van der Waals surface area (Å²) < 4.78 is 51.4. The Morgan fingerprint density at radius 3 is 1.91 bits per heavy atom. The molecule has 0 unspecified atom stereocenters. The van der Waals surface area contributed by atoms with Crippen molar-refractivity contribution in [3.63, 3.8) is 0 Å². The summed E-state index contributed by atoms with van der Waals surface area (Å²) in [5, 5.41) is 0. The molecule has 13 atom stereocenters. The van der Waals surface area contributed by atoms with E-state index in [2.05, 4.69) is 6.92 Å². The highest BCUT2D eigenvalue weighted by atomic mass is 16.6. The molecule has 4 fully saturated rings. The lowest BCUT2D eigenvalue weighted by atomic mass is 9.43. The maximum absolute atomic E-state index is 14.4. The Kier molecular flexibility index (Phi) is 9.24. The maximum atomic E-state index is 14.4. The van der Waals surface area contributed by atoms with Crippen LogP contribution in [-0.2, 0) is 42.9 Å². The van der Waals surface area contributed by atoms with E-state index in [4.69, 9.17) is 18.9 Å². The van der Waals surface area contributed by atoms with Crippen molar-refractivity contribution in [1.82, 2.24) is 0 Å². The molecule has 4 aliphatic rings. The predicted molar refractivity (Wildman–Crippen MR) is 166 cm³/mol. The smallest absolute Gasteiger partial charge is 0.303 e. The molecule has 0 saturated heterocycles. The molecule has 254 valence electrons. The minimum absolute atomic E-state index is 0.0277. The van der Waals surface area contributed by atoms with Gasteiger partial charge in [-0.05, 0) is 84.9 Å². The molecule has 9 heteroatoms. The molecule has 9 nitrogen and oxygen atoms in total. The van der Waals surface area contributed by atoms with E-state index in [1.165, 1.54) is 27.7 Å². The highest BCUT2D eigenvalue weighted by molar-refractivity contribution is 5.83. The molecule has 4 aliphatic carbocycles. The van der Waals surface area contributed by atoms with Crippen molar-refractivity contribution < 1.29 is 47.0 Å². The van der Waals surface area contributed by atoms with Crippen LogP contribution >= 0.6 is 0 Å². The molecular formula is C36H56O9. The van der Waals surface area contributed by atoms with Crippen molar-refractivity contribution >= 4 is 29.7 Å². The van der Waals surface area contributed by atoms with E-state index >= 15 is 0 Å². The lowest BCUT2D eigenvalue weighted by Crippen LogP contribution is -2.60. The number of hydrogen-bond acceptors (Lipinski definition) is 9. The zero-order chi connectivity index (χ0) is 36.3. The van der Waals surface area contributed by atoms with E-state index in [0.29, 0.717) is 25.7 Å². The van der Waals surface area contributed by atoms with Crippen molar-refractivity contribution in [2.24, 2.45) is 58.1 Å². The molecule has 0 aromatic rings. The van der Waals surface area contributed by atoms with Gasteiger partial charge in [-0.2, -0.15) is 0 Å². The predicted octanol–water partition coefficient (Wildman–Crippen LogP) is 6.09. The van der Waals surface area contributed by atoms with Gasteiger partial charge in [0.15, 0.2) is 0 Å². The second-order valence-corrected chi connectivity index (χ2v) is 15.2. The molecular weight excluding hydrogens is 576 g/mol. The fourth-order valence-corrected chi connectivity index (χ4v) is 9.76. The molecule has 0 bridgehead atoms. The number of carbonyl (C=O) groups is 5. The fraction of sp³-hybridized carbons (Fsp3) is 0.861. The molecule has 0 heterocycles. The summed E-state index contributed by atoms with van der Waals surface area (Å²) in [5.41, 5.74) is -1.48. The van der Waals surface area contributed by atoms with E-state index in [1.54, 1.807) is 0 Å². The number of esters is 4. The Morgan fingerprint density at radius 2 is 1.36 bits per heavy atom. The average molecular weight is 639 g/mol. The molecule has 0 aliphatic heterocycles. The van der Waals surface area contributed by atoms with E-state index < -0.39 is 83.1 Å². The second-order valence-electron chi connectivity index (χ2n) is 15.2. The van der Waals surface area contributed by atoms with E-state index in [1.807, 2.05) is 34.6 Å². The summed E-state index contributed by atoms with van der Waals surface area (Å²) >= 11 is 0. The van der Waals surface area contributed by atoms with Gasteiger partial charge in [0.2, 0.25) is 0 Å². The van der Waals surface area contributed by atoms with Gasteiger partial charge in [-0.1, -0.05) is 41.5 Å². The number of ether oxygens (including phenoxy) is 4. The van der Waals surface area contributed by atoms with Crippen molar-refractivity contribution in [3.8, 4) is 0 Å². The number of carbonyl (C=O) groups excluding carboxylic acids is 5. The van der Waals surface area contributed by atoms with Crippen LogP contribution in [0.4, 0.5) is 0 Å². The normalized spacial score (nSPS) is 42.2. The van der Waals surface area contributed by atoms with Crippen molar-refractivity contribution in [2.45, 2.75) is 139 Å². The van der Waals surface area contributed by atoms with Gasteiger partial charge >= 0.3 is 23.9 Å². The Labute approximate surface area is 273 Å². The summed E-state index contributed by atoms with van der Waals surface area (Å²) in [6.45, 7) is 17.3. The van der Waals surface area contributed by atoms with Crippen LogP contribution in [0.3, 0.4) is 0 Å². The van der Waals surface area contributed by atoms with Gasteiger partial charge in [0.05, 0.1) is 0 Å². The third kappa shape index (κ3) is 6.83. The summed E-state index contributed by atoms with van der Waals surface area (Å²) in [6.07, 6.45) is -3.15. The summed E-state index contributed by atoms with van der Waals surface area (Å²) in [5.74, 6) is -6.32. The van der Waals surface area contributed by atoms with E-state index in [0.717, 1.165) is 0 Å². The zero-order valence-corrected chi connectivity index (χ0v) is 28.8. The molecule has 4 rings (SSSR count). The number of ketones is 1. The molecule has 0 radical (unpaired) electrons. The molecule has 0 amide bonds. The highest BCUT2D eigenvalue weighted by Gasteiger charge is 2.65. The van der Waals surface area contributed by atoms with Crippen LogP contribution < -0.4 is 0 Å². The van der Waals surface area contributed by atoms with Gasteiger partial charge in [-0.3, -0.25) is 24.0 Å². The summed E-state index contributed by atoms with van der Waals surface area (Å²) in [4.78, 5) is 63.3. The lowest BCUT2D eigenvalue weighted by Gasteiger charge is -2.61. The fourth-order valence-electron chi connectivity index (χ4n) is 9.76.